The molecule has 0 fully saturated rings. The van der Waals surface area contributed by atoms with E-state index < -0.39 is 12.7 Å². The number of nitrogens with two attached hydrogens (primary N) is 1. The van der Waals surface area contributed by atoms with Crippen LogP contribution >= 0.6 is 0 Å². The minimum Gasteiger partial charge on any atom is -0.434 e. The van der Waals surface area contributed by atoms with Crippen LogP contribution in [0.15, 0.2) is 48.5 Å². The van der Waals surface area contributed by atoms with Crippen molar-refractivity contribution in [2.24, 2.45) is 5.73 Å². The fraction of sp³-hybridized carbons (Fsp3) is 0.200. The highest BCUT2D eigenvalue weighted by atomic mass is 19.3. The van der Waals surface area contributed by atoms with E-state index in [-0.39, 0.29) is 5.75 Å². The summed E-state index contributed by atoms with van der Waals surface area (Å²) in [6.45, 7) is -0.900. The molecule has 0 saturated heterocycles. The smallest absolute Gasteiger partial charge is 0.387 e. The van der Waals surface area contributed by atoms with E-state index in [1.165, 1.54) is 6.07 Å². The molecule has 0 aliphatic carbocycles. The fourth-order valence-corrected chi connectivity index (χ4v) is 1.98. The number of aryl methyl sites for hydroxylation is 1. The number of alkyl halides is 2. The Morgan fingerprint density at radius 3 is 2.47 bits per heavy atom. The Kier molecular flexibility index (Phi) is 4.12. The van der Waals surface area contributed by atoms with Crippen molar-refractivity contribution in [2.45, 2.75) is 19.6 Å². The zero-order valence-corrected chi connectivity index (χ0v) is 10.5. The summed E-state index contributed by atoms with van der Waals surface area (Å²) in [7, 11) is 0. The lowest BCUT2D eigenvalue weighted by molar-refractivity contribution is -0.0505. The van der Waals surface area contributed by atoms with E-state index in [2.05, 4.69) is 4.74 Å². The summed E-state index contributed by atoms with van der Waals surface area (Å²) in [6, 6.07) is 13.8. The Hall–Kier alpha value is -1.94. The Morgan fingerprint density at radius 2 is 1.79 bits per heavy atom. The molecule has 0 saturated carbocycles. The van der Waals surface area contributed by atoms with Gasteiger partial charge in [0.05, 0.1) is 6.04 Å². The zero-order chi connectivity index (χ0) is 13.8. The molecule has 19 heavy (non-hydrogen) atoms. The van der Waals surface area contributed by atoms with Gasteiger partial charge in [0.2, 0.25) is 0 Å². The Morgan fingerprint density at radius 1 is 1.05 bits per heavy atom. The zero-order valence-electron chi connectivity index (χ0n) is 10.5. The summed E-state index contributed by atoms with van der Waals surface area (Å²) < 4.78 is 29.2. The van der Waals surface area contributed by atoms with E-state index in [0.29, 0.717) is 5.56 Å². The molecule has 0 aliphatic rings. The Labute approximate surface area is 110 Å². The predicted octanol–water partition coefficient (Wildman–Crippen LogP) is 3.64. The lowest BCUT2D eigenvalue weighted by Crippen LogP contribution is -2.14. The minimum atomic E-state index is -2.86. The standard InChI is InChI=1S/C15H15F2NO/c1-10-5-4-6-11(9-10)14(18)12-7-2-3-8-13(12)19-15(16)17/h2-9,14-15H,18H2,1H3. The van der Waals surface area contributed by atoms with Crippen molar-refractivity contribution < 1.29 is 13.5 Å². The maximum absolute atomic E-state index is 12.4. The summed E-state index contributed by atoms with van der Waals surface area (Å²) >= 11 is 0. The van der Waals surface area contributed by atoms with E-state index in [0.717, 1.165) is 11.1 Å². The van der Waals surface area contributed by atoms with Gasteiger partial charge in [-0.15, -0.1) is 0 Å². The van der Waals surface area contributed by atoms with E-state index in [4.69, 9.17) is 5.73 Å². The Bertz CT molecular complexity index is 557. The van der Waals surface area contributed by atoms with Gasteiger partial charge in [-0.2, -0.15) is 8.78 Å². The van der Waals surface area contributed by atoms with Crippen molar-refractivity contribution >= 4 is 0 Å². The molecular weight excluding hydrogens is 248 g/mol. The molecule has 100 valence electrons. The van der Waals surface area contributed by atoms with Crippen molar-refractivity contribution in [3.63, 3.8) is 0 Å². The molecule has 1 atom stereocenters. The fourth-order valence-electron chi connectivity index (χ4n) is 1.98. The lowest BCUT2D eigenvalue weighted by atomic mass is 9.97. The van der Waals surface area contributed by atoms with Crippen LogP contribution in [0.2, 0.25) is 0 Å². The molecule has 0 spiro atoms. The number of rotatable bonds is 4. The summed E-state index contributed by atoms with van der Waals surface area (Å²) in [5.74, 6) is 0.117. The molecule has 1 unspecified atom stereocenters. The van der Waals surface area contributed by atoms with Crippen molar-refractivity contribution in [1.82, 2.24) is 0 Å². The van der Waals surface area contributed by atoms with Crippen LogP contribution in [0.25, 0.3) is 0 Å². The molecule has 2 nitrogen and oxygen atoms in total. The van der Waals surface area contributed by atoms with Gasteiger partial charge in [-0.25, -0.2) is 0 Å². The second-order valence-corrected chi connectivity index (χ2v) is 4.31. The molecule has 0 bridgehead atoms. The summed E-state index contributed by atoms with van der Waals surface area (Å²) in [5, 5.41) is 0. The van der Waals surface area contributed by atoms with Gasteiger partial charge in [0.25, 0.3) is 0 Å². The van der Waals surface area contributed by atoms with Gasteiger partial charge in [-0.3, -0.25) is 0 Å². The van der Waals surface area contributed by atoms with Crippen molar-refractivity contribution in [3.8, 4) is 5.75 Å². The molecule has 0 aromatic heterocycles. The molecule has 0 aliphatic heterocycles. The van der Waals surface area contributed by atoms with Crippen LogP contribution in [-0.4, -0.2) is 6.61 Å². The first-order valence-electron chi connectivity index (χ1n) is 5.94. The van der Waals surface area contributed by atoms with Crippen LogP contribution in [0.1, 0.15) is 22.7 Å². The topological polar surface area (TPSA) is 35.2 Å². The van der Waals surface area contributed by atoms with E-state index in [9.17, 15) is 8.78 Å². The third kappa shape index (κ3) is 3.29. The highest BCUT2D eigenvalue weighted by Crippen LogP contribution is 2.29. The van der Waals surface area contributed by atoms with Gasteiger partial charge in [-0.05, 0) is 18.6 Å². The van der Waals surface area contributed by atoms with Gasteiger partial charge in [0, 0.05) is 5.56 Å². The first-order valence-corrected chi connectivity index (χ1v) is 5.94. The van der Waals surface area contributed by atoms with Gasteiger partial charge in [-0.1, -0.05) is 48.0 Å². The Balaban J connectivity index is 2.35. The number of benzene rings is 2. The second kappa shape index (κ2) is 5.80. The normalized spacial score (nSPS) is 12.5. The average Bonchev–Trinajstić information content (AvgIpc) is 2.38. The molecule has 0 heterocycles. The van der Waals surface area contributed by atoms with E-state index in [1.807, 2.05) is 31.2 Å². The molecule has 2 N–H and O–H groups in total. The summed E-state index contributed by atoms with van der Waals surface area (Å²) in [6.07, 6.45) is 0. The van der Waals surface area contributed by atoms with Crippen LogP contribution in [0.5, 0.6) is 5.75 Å². The second-order valence-electron chi connectivity index (χ2n) is 4.31. The van der Waals surface area contributed by atoms with Crippen molar-refractivity contribution in [2.75, 3.05) is 0 Å². The van der Waals surface area contributed by atoms with Crippen LogP contribution in [0.4, 0.5) is 8.78 Å². The number of halogens is 2. The minimum absolute atomic E-state index is 0.117. The van der Waals surface area contributed by atoms with Crippen molar-refractivity contribution in [3.05, 3.63) is 65.2 Å². The van der Waals surface area contributed by atoms with Crippen LogP contribution in [0, 0.1) is 6.92 Å². The van der Waals surface area contributed by atoms with Crippen LogP contribution in [-0.2, 0) is 0 Å². The van der Waals surface area contributed by atoms with Crippen LogP contribution in [0.3, 0.4) is 0 Å². The first kappa shape index (κ1) is 13.5. The third-order valence-corrected chi connectivity index (χ3v) is 2.87. The summed E-state index contributed by atoms with van der Waals surface area (Å²) in [5.41, 5.74) is 8.62. The van der Waals surface area contributed by atoms with Crippen LogP contribution < -0.4 is 10.5 Å². The molecule has 2 rings (SSSR count). The number of hydrogen-bond acceptors (Lipinski definition) is 2. The molecule has 4 heteroatoms. The van der Waals surface area contributed by atoms with Crippen molar-refractivity contribution in [1.29, 1.82) is 0 Å². The molecule has 2 aromatic rings. The number of ether oxygens (including phenoxy) is 1. The highest BCUT2D eigenvalue weighted by Gasteiger charge is 2.16. The quantitative estimate of drug-likeness (QED) is 0.914. The van der Waals surface area contributed by atoms with Gasteiger partial charge >= 0.3 is 6.61 Å². The maximum atomic E-state index is 12.4. The monoisotopic (exact) mass is 263 g/mol. The lowest BCUT2D eigenvalue weighted by Gasteiger charge is -2.17. The number of hydrogen-bond donors (Lipinski definition) is 1. The first-order chi connectivity index (χ1) is 9.08. The summed E-state index contributed by atoms with van der Waals surface area (Å²) in [4.78, 5) is 0. The third-order valence-electron chi connectivity index (χ3n) is 2.87. The maximum Gasteiger partial charge on any atom is 0.387 e. The average molecular weight is 263 g/mol. The SMILES string of the molecule is Cc1cccc(C(N)c2ccccc2OC(F)F)c1. The number of para-hydroxylation sites is 1. The molecule has 0 amide bonds. The van der Waals surface area contributed by atoms with E-state index >= 15 is 0 Å². The molecule has 2 aromatic carbocycles. The van der Waals surface area contributed by atoms with Gasteiger partial charge < -0.3 is 10.5 Å². The van der Waals surface area contributed by atoms with Gasteiger partial charge in [0.1, 0.15) is 5.75 Å². The molecule has 0 radical (unpaired) electrons. The predicted molar refractivity (Wildman–Crippen MR) is 70.3 cm³/mol. The highest BCUT2D eigenvalue weighted by molar-refractivity contribution is 5.42. The largest absolute Gasteiger partial charge is 0.434 e. The molecular formula is C15H15F2NO. The van der Waals surface area contributed by atoms with Gasteiger partial charge in [0.15, 0.2) is 0 Å². The van der Waals surface area contributed by atoms with E-state index in [1.54, 1.807) is 18.2 Å².